The number of hydrogen-bond acceptors (Lipinski definition) is 3. The van der Waals surface area contributed by atoms with Gasteiger partial charge in [-0.1, -0.05) is 0 Å². The van der Waals surface area contributed by atoms with E-state index in [0.717, 1.165) is 44.8 Å². The van der Waals surface area contributed by atoms with Crippen molar-refractivity contribution in [2.75, 3.05) is 19.8 Å². The van der Waals surface area contributed by atoms with Crippen molar-refractivity contribution in [2.24, 2.45) is 0 Å². The summed E-state index contributed by atoms with van der Waals surface area (Å²) in [5.74, 6) is 1.02. The summed E-state index contributed by atoms with van der Waals surface area (Å²) in [7, 11) is 0. The molecule has 0 spiro atoms. The third kappa shape index (κ3) is 7.85. The van der Waals surface area contributed by atoms with E-state index in [1.54, 1.807) is 6.26 Å². The Hall–Kier alpha value is -1.07. The van der Waals surface area contributed by atoms with Crippen molar-refractivity contribution in [3.8, 4) is 0 Å². The first-order valence-electron chi connectivity index (χ1n) is 6.87. The molecule has 0 fully saturated rings. The molecular formula is C14H24N2O2S. The Morgan fingerprint density at radius 2 is 2.37 bits per heavy atom. The van der Waals surface area contributed by atoms with E-state index in [9.17, 15) is 0 Å². The predicted molar refractivity (Wildman–Crippen MR) is 81.3 cm³/mol. The Balaban J connectivity index is 2.04. The van der Waals surface area contributed by atoms with Crippen molar-refractivity contribution in [1.29, 1.82) is 0 Å². The number of rotatable bonds is 9. The molecule has 0 bridgehead atoms. The summed E-state index contributed by atoms with van der Waals surface area (Å²) in [5, 5.41) is 7.17. The largest absolute Gasteiger partial charge is 0.469 e. The topological polar surface area (TPSA) is 46.4 Å². The highest BCUT2D eigenvalue weighted by molar-refractivity contribution is 7.80. The molecule has 2 N–H and O–H groups in total. The van der Waals surface area contributed by atoms with E-state index >= 15 is 0 Å². The molecule has 108 valence electrons. The van der Waals surface area contributed by atoms with Gasteiger partial charge in [0, 0.05) is 32.2 Å². The molecule has 0 saturated carbocycles. The predicted octanol–water partition coefficient (Wildman–Crippen LogP) is 2.49. The fourth-order valence-electron chi connectivity index (χ4n) is 1.68. The standard InChI is InChI=1S/C14H24N2O2S/c1-3-17-10-5-9-15-14(19)16-12(2)7-8-13-6-4-11-18-13/h4,6,11-12H,3,5,7-10H2,1-2H3,(H2,15,16,19). The lowest BCUT2D eigenvalue weighted by Gasteiger charge is -2.16. The highest BCUT2D eigenvalue weighted by atomic mass is 32.1. The summed E-state index contributed by atoms with van der Waals surface area (Å²) < 4.78 is 10.6. The number of thiocarbonyl (C=S) groups is 1. The van der Waals surface area contributed by atoms with Crippen molar-refractivity contribution < 1.29 is 9.15 Å². The minimum absolute atomic E-state index is 0.331. The number of furan rings is 1. The summed E-state index contributed by atoms with van der Waals surface area (Å²) in [6.07, 6.45) is 4.59. The first-order chi connectivity index (χ1) is 9.22. The van der Waals surface area contributed by atoms with Gasteiger partial charge < -0.3 is 19.8 Å². The first-order valence-corrected chi connectivity index (χ1v) is 7.27. The maximum atomic E-state index is 5.30. The van der Waals surface area contributed by atoms with Crippen LogP contribution in [0.5, 0.6) is 0 Å². The summed E-state index contributed by atoms with van der Waals surface area (Å²) in [4.78, 5) is 0. The third-order valence-electron chi connectivity index (χ3n) is 2.74. The zero-order valence-electron chi connectivity index (χ0n) is 11.8. The van der Waals surface area contributed by atoms with E-state index in [0.29, 0.717) is 11.2 Å². The fraction of sp³-hybridized carbons (Fsp3) is 0.643. The average molecular weight is 284 g/mol. The number of ether oxygens (including phenoxy) is 1. The highest BCUT2D eigenvalue weighted by Gasteiger charge is 2.05. The Bertz CT molecular complexity index is 341. The van der Waals surface area contributed by atoms with E-state index in [1.807, 2.05) is 19.1 Å². The average Bonchev–Trinajstić information content (AvgIpc) is 2.89. The van der Waals surface area contributed by atoms with Crippen LogP contribution >= 0.6 is 12.2 Å². The van der Waals surface area contributed by atoms with Crippen LogP contribution in [0.3, 0.4) is 0 Å². The maximum Gasteiger partial charge on any atom is 0.166 e. The van der Waals surface area contributed by atoms with Gasteiger partial charge in [0.2, 0.25) is 0 Å². The fourth-order valence-corrected chi connectivity index (χ4v) is 1.98. The van der Waals surface area contributed by atoms with Crippen molar-refractivity contribution in [1.82, 2.24) is 10.6 Å². The van der Waals surface area contributed by atoms with Crippen LogP contribution in [0.2, 0.25) is 0 Å². The second-order valence-electron chi connectivity index (χ2n) is 4.47. The zero-order valence-corrected chi connectivity index (χ0v) is 12.6. The second-order valence-corrected chi connectivity index (χ2v) is 4.88. The maximum absolute atomic E-state index is 5.30. The van der Waals surface area contributed by atoms with Crippen LogP contribution in [-0.4, -0.2) is 30.9 Å². The van der Waals surface area contributed by atoms with Crippen molar-refractivity contribution >= 4 is 17.3 Å². The molecule has 4 nitrogen and oxygen atoms in total. The van der Waals surface area contributed by atoms with Gasteiger partial charge in [0.05, 0.1) is 6.26 Å². The Kier molecular flexibility index (Phi) is 8.25. The first kappa shape index (κ1) is 16.0. The van der Waals surface area contributed by atoms with Crippen LogP contribution in [0.4, 0.5) is 0 Å². The van der Waals surface area contributed by atoms with Gasteiger partial charge in [-0.25, -0.2) is 0 Å². The van der Waals surface area contributed by atoms with E-state index in [-0.39, 0.29) is 0 Å². The van der Waals surface area contributed by atoms with Crippen LogP contribution in [-0.2, 0) is 11.2 Å². The lowest BCUT2D eigenvalue weighted by Crippen LogP contribution is -2.41. The Morgan fingerprint density at radius 1 is 1.53 bits per heavy atom. The Morgan fingerprint density at radius 3 is 3.05 bits per heavy atom. The van der Waals surface area contributed by atoms with Gasteiger partial charge in [0.1, 0.15) is 5.76 Å². The molecule has 0 amide bonds. The van der Waals surface area contributed by atoms with Crippen molar-refractivity contribution in [2.45, 2.75) is 39.2 Å². The van der Waals surface area contributed by atoms with E-state index in [1.165, 1.54) is 0 Å². The number of aryl methyl sites for hydroxylation is 1. The molecule has 1 heterocycles. The molecule has 0 aliphatic heterocycles. The Labute approximate surface area is 120 Å². The lowest BCUT2D eigenvalue weighted by atomic mass is 10.1. The molecule has 1 unspecified atom stereocenters. The summed E-state index contributed by atoms with van der Waals surface area (Å²) in [6, 6.07) is 4.24. The van der Waals surface area contributed by atoms with E-state index in [4.69, 9.17) is 21.4 Å². The molecule has 0 aromatic carbocycles. The summed E-state index contributed by atoms with van der Waals surface area (Å²) in [6.45, 7) is 6.51. The van der Waals surface area contributed by atoms with Crippen LogP contribution in [0.1, 0.15) is 32.4 Å². The number of nitrogens with one attached hydrogen (secondary N) is 2. The van der Waals surface area contributed by atoms with Gasteiger partial charge in [-0.15, -0.1) is 0 Å². The highest BCUT2D eigenvalue weighted by Crippen LogP contribution is 2.05. The van der Waals surface area contributed by atoms with Gasteiger partial charge in [0.25, 0.3) is 0 Å². The smallest absolute Gasteiger partial charge is 0.166 e. The van der Waals surface area contributed by atoms with Gasteiger partial charge >= 0.3 is 0 Å². The molecule has 0 radical (unpaired) electrons. The second kappa shape index (κ2) is 9.81. The molecule has 1 atom stereocenters. The molecule has 1 rings (SSSR count). The zero-order chi connectivity index (χ0) is 13.9. The van der Waals surface area contributed by atoms with E-state index < -0.39 is 0 Å². The lowest BCUT2D eigenvalue weighted by molar-refractivity contribution is 0.145. The molecule has 19 heavy (non-hydrogen) atoms. The molecule has 1 aromatic heterocycles. The minimum Gasteiger partial charge on any atom is -0.469 e. The van der Waals surface area contributed by atoms with Crippen LogP contribution in [0, 0.1) is 0 Å². The van der Waals surface area contributed by atoms with E-state index in [2.05, 4.69) is 17.6 Å². The van der Waals surface area contributed by atoms with Crippen molar-refractivity contribution in [3.05, 3.63) is 24.2 Å². The molecule has 0 saturated heterocycles. The van der Waals surface area contributed by atoms with Crippen molar-refractivity contribution in [3.63, 3.8) is 0 Å². The number of hydrogen-bond donors (Lipinski definition) is 2. The van der Waals surface area contributed by atoms with Crippen LogP contribution in [0.15, 0.2) is 22.8 Å². The quantitative estimate of drug-likeness (QED) is 0.539. The minimum atomic E-state index is 0.331. The summed E-state index contributed by atoms with van der Waals surface area (Å²) >= 11 is 5.24. The summed E-state index contributed by atoms with van der Waals surface area (Å²) in [5.41, 5.74) is 0. The van der Waals surface area contributed by atoms with Gasteiger partial charge in [0.15, 0.2) is 5.11 Å². The molecule has 1 aromatic rings. The molecular weight excluding hydrogens is 260 g/mol. The normalized spacial score (nSPS) is 12.1. The van der Waals surface area contributed by atoms with Gasteiger partial charge in [-0.2, -0.15) is 0 Å². The molecule has 0 aliphatic rings. The third-order valence-corrected chi connectivity index (χ3v) is 3.00. The molecule has 5 heteroatoms. The van der Waals surface area contributed by atoms with Crippen LogP contribution < -0.4 is 10.6 Å². The SMILES string of the molecule is CCOCCCNC(=S)NC(C)CCc1ccco1. The van der Waals surface area contributed by atoms with Gasteiger partial charge in [-0.3, -0.25) is 0 Å². The van der Waals surface area contributed by atoms with Crippen LogP contribution in [0.25, 0.3) is 0 Å². The van der Waals surface area contributed by atoms with Gasteiger partial charge in [-0.05, 0) is 51.0 Å². The molecule has 0 aliphatic carbocycles. The monoisotopic (exact) mass is 284 g/mol.